The molecule has 4 aromatic heterocycles. The van der Waals surface area contributed by atoms with Crippen LogP contribution in [0.5, 0.6) is 5.75 Å². The first-order valence-corrected chi connectivity index (χ1v) is 19.2. The Hall–Kier alpha value is -6.20. The Bertz CT molecular complexity index is 2420. The number of rotatable bonds is 17. The normalized spacial score (nSPS) is 13.6. The molecule has 1 aliphatic heterocycles. The van der Waals surface area contributed by atoms with Gasteiger partial charge in [-0.2, -0.15) is 5.10 Å². The Morgan fingerprint density at radius 1 is 0.930 bits per heavy atom. The number of hydrogen-bond acceptors (Lipinski definition) is 13. The zero-order valence-corrected chi connectivity index (χ0v) is 33.0. The third-order valence-corrected chi connectivity index (χ3v) is 9.79. The molecule has 0 unspecified atom stereocenters. The third kappa shape index (κ3) is 8.63. The van der Waals surface area contributed by atoms with E-state index in [2.05, 4.69) is 25.6 Å². The number of ether oxygens (including phenoxy) is 3. The van der Waals surface area contributed by atoms with E-state index in [9.17, 15) is 9.59 Å². The zero-order valence-electron chi connectivity index (χ0n) is 33.0. The van der Waals surface area contributed by atoms with Gasteiger partial charge in [0.2, 0.25) is 23.7 Å². The first-order chi connectivity index (χ1) is 27.6. The van der Waals surface area contributed by atoms with Gasteiger partial charge >= 0.3 is 5.97 Å². The number of oxazole rings is 1. The predicted octanol–water partition coefficient (Wildman–Crippen LogP) is 5.50. The van der Waals surface area contributed by atoms with Gasteiger partial charge < -0.3 is 38.8 Å². The second-order valence-corrected chi connectivity index (χ2v) is 13.7. The zero-order chi connectivity index (χ0) is 40.1. The fraction of sp³-hybridized carbons (Fsp3) is 0.400. The lowest BCUT2D eigenvalue weighted by Crippen LogP contribution is -2.37. The predicted molar refractivity (Wildman–Crippen MR) is 216 cm³/mol. The van der Waals surface area contributed by atoms with Gasteiger partial charge in [0, 0.05) is 57.8 Å². The minimum Gasteiger partial charge on any atom is -0.491 e. The fourth-order valence-corrected chi connectivity index (χ4v) is 6.98. The van der Waals surface area contributed by atoms with E-state index in [0.29, 0.717) is 89.8 Å². The van der Waals surface area contributed by atoms with Crippen LogP contribution in [0.3, 0.4) is 0 Å². The van der Waals surface area contributed by atoms with Crippen LogP contribution in [0.25, 0.3) is 22.1 Å². The van der Waals surface area contributed by atoms with E-state index in [1.54, 1.807) is 31.2 Å². The quantitative estimate of drug-likeness (QED) is 0.0597. The number of morpholine rings is 1. The Morgan fingerprint density at radius 3 is 2.40 bits per heavy atom. The van der Waals surface area contributed by atoms with Crippen LogP contribution in [0.1, 0.15) is 58.3 Å². The van der Waals surface area contributed by atoms with E-state index in [-0.39, 0.29) is 0 Å². The smallest absolute Gasteiger partial charge is 0.337 e. The molecule has 17 heteroatoms. The van der Waals surface area contributed by atoms with Gasteiger partial charge in [0.15, 0.2) is 5.89 Å². The highest BCUT2D eigenvalue weighted by atomic mass is 16.5. The number of carbonyl (C=O) groups excluding carboxylic acids is 2. The van der Waals surface area contributed by atoms with Crippen molar-refractivity contribution in [3.8, 4) is 5.75 Å². The average molecular weight is 780 g/mol. The molecule has 0 radical (unpaired) electrons. The monoisotopic (exact) mass is 779 g/mol. The molecule has 6 aromatic rings. The number of fused-ring (bicyclic) bond motifs is 2. The number of allylic oxidation sites excluding steroid dienone is 2. The summed E-state index contributed by atoms with van der Waals surface area (Å²) in [5.41, 5.74) is 10.8. The van der Waals surface area contributed by atoms with Gasteiger partial charge in [-0.3, -0.25) is 15.0 Å². The molecule has 7 rings (SSSR count). The summed E-state index contributed by atoms with van der Waals surface area (Å²) in [6.07, 6.45) is 5.50. The van der Waals surface area contributed by atoms with Crippen molar-refractivity contribution in [1.29, 1.82) is 0 Å². The standard InChI is InChI=1S/C40H49N11O6/c1-6-29-37(57-26(4)42-29)46-40-44-31-23-28(36(41)52)24-33(56-18-10-13-48-16-19-55-20-17-48)35(31)50(40)15-9-8-14-49-32-12-11-27(38(53)54-5)22-30(32)43-39(49)45-34-21-25(3)47-51(34)7-2/h8-9,11-12,21-24H,6-7,10,13-20H2,1-5H3,(H2,41,52)(H,43,45)(H,44,46)/b9-8+. The molecule has 57 heavy (non-hydrogen) atoms. The summed E-state index contributed by atoms with van der Waals surface area (Å²) in [6, 6.07) is 10.6. The SMILES string of the molecule is CCc1nc(C)oc1Nc1nc2cc(C(N)=O)cc(OCCCN3CCOCC3)c2n1C/C=C/Cn1c(Nc2cc(C)nn2CC)nc2cc(C(=O)OC)ccc21. The first-order valence-electron chi connectivity index (χ1n) is 19.2. The van der Waals surface area contributed by atoms with Crippen LogP contribution < -0.4 is 21.1 Å². The van der Waals surface area contributed by atoms with Crippen LogP contribution in [0, 0.1) is 13.8 Å². The largest absolute Gasteiger partial charge is 0.491 e. The maximum Gasteiger partial charge on any atom is 0.337 e. The number of primary amides is 1. The van der Waals surface area contributed by atoms with Crippen molar-refractivity contribution in [2.45, 2.75) is 60.2 Å². The van der Waals surface area contributed by atoms with Gasteiger partial charge in [-0.25, -0.2) is 24.4 Å². The first kappa shape index (κ1) is 39.1. The number of hydrogen-bond donors (Lipinski definition) is 3. The summed E-state index contributed by atoms with van der Waals surface area (Å²) in [7, 11) is 1.36. The Balaban J connectivity index is 1.23. The summed E-state index contributed by atoms with van der Waals surface area (Å²) in [6.45, 7) is 13.8. The highest BCUT2D eigenvalue weighted by Crippen LogP contribution is 2.33. The fourth-order valence-electron chi connectivity index (χ4n) is 6.98. The minimum atomic E-state index is -0.578. The van der Waals surface area contributed by atoms with Gasteiger partial charge in [-0.1, -0.05) is 19.1 Å². The van der Waals surface area contributed by atoms with Crippen molar-refractivity contribution < 1.29 is 28.2 Å². The molecule has 1 fully saturated rings. The third-order valence-electron chi connectivity index (χ3n) is 9.79. The molecule has 0 bridgehead atoms. The van der Waals surface area contributed by atoms with Crippen molar-refractivity contribution in [1.82, 2.24) is 38.8 Å². The Kier molecular flexibility index (Phi) is 11.9. The maximum atomic E-state index is 12.5. The van der Waals surface area contributed by atoms with Crippen molar-refractivity contribution in [3.05, 3.63) is 77.0 Å². The molecular weight excluding hydrogens is 731 g/mol. The number of imidazole rings is 2. The molecule has 1 amide bonds. The Labute approximate surface area is 329 Å². The molecule has 1 aliphatic rings. The number of carbonyl (C=O) groups is 2. The molecule has 17 nitrogen and oxygen atoms in total. The number of nitrogens with zero attached hydrogens (tertiary/aromatic N) is 8. The summed E-state index contributed by atoms with van der Waals surface area (Å²) >= 11 is 0. The van der Waals surface area contributed by atoms with Crippen molar-refractivity contribution >= 4 is 57.5 Å². The van der Waals surface area contributed by atoms with Crippen LogP contribution in [-0.4, -0.2) is 97.2 Å². The van der Waals surface area contributed by atoms with E-state index < -0.39 is 11.9 Å². The van der Waals surface area contributed by atoms with E-state index >= 15 is 0 Å². The number of nitrogens with two attached hydrogens (primary N) is 1. The van der Waals surface area contributed by atoms with Gasteiger partial charge in [0.05, 0.1) is 54.7 Å². The number of esters is 1. The number of aromatic nitrogens is 7. The molecule has 5 heterocycles. The van der Waals surface area contributed by atoms with E-state index in [1.807, 2.05) is 58.9 Å². The number of benzene rings is 2. The van der Waals surface area contributed by atoms with Crippen LogP contribution >= 0.6 is 0 Å². The molecule has 0 aliphatic carbocycles. The summed E-state index contributed by atoms with van der Waals surface area (Å²) in [4.78, 5) is 41.6. The van der Waals surface area contributed by atoms with Crippen LogP contribution in [0.15, 0.2) is 53.0 Å². The molecular formula is C40H49N11O6. The van der Waals surface area contributed by atoms with Gasteiger partial charge in [-0.05, 0) is 57.0 Å². The lowest BCUT2D eigenvalue weighted by molar-refractivity contribution is 0.0358. The number of anilines is 4. The number of aryl methyl sites for hydroxylation is 4. The van der Waals surface area contributed by atoms with Crippen LogP contribution in [0.2, 0.25) is 0 Å². The number of nitrogens with one attached hydrogen (secondary N) is 2. The average Bonchev–Trinajstić information content (AvgIpc) is 3.96. The highest BCUT2D eigenvalue weighted by Gasteiger charge is 2.21. The van der Waals surface area contributed by atoms with Crippen LogP contribution in [0.4, 0.5) is 23.6 Å². The molecule has 0 saturated carbocycles. The molecule has 1 saturated heterocycles. The second-order valence-electron chi connectivity index (χ2n) is 13.7. The molecule has 4 N–H and O–H groups in total. The van der Waals surface area contributed by atoms with E-state index in [4.69, 9.17) is 34.3 Å². The molecule has 300 valence electrons. The number of methoxy groups -OCH3 is 1. The van der Waals surface area contributed by atoms with Gasteiger partial charge in [0.1, 0.15) is 22.8 Å². The van der Waals surface area contributed by atoms with Crippen molar-refractivity contribution in [2.24, 2.45) is 5.73 Å². The lowest BCUT2D eigenvalue weighted by Gasteiger charge is -2.26. The summed E-state index contributed by atoms with van der Waals surface area (Å²) < 4.78 is 28.7. The summed E-state index contributed by atoms with van der Waals surface area (Å²) in [5.74, 6) is 2.37. The second kappa shape index (κ2) is 17.3. The van der Waals surface area contributed by atoms with Crippen LogP contribution in [-0.2, 0) is 35.5 Å². The lowest BCUT2D eigenvalue weighted by atomic mass is 10.1. The van der Waals surface area contributed by atoms with E-state index in [1.165, 1.54) is 7.11 Å². The van der Waals surface area contributed by atoms with E-state index in [0.717, 1.165) is 62.0 Å². The summed E-state index contributed by atoms with van der Waals surface area (Å²) in [5, 5.41) is 11.4. The maximum absolute atomic E-state index is 12.5. The highest BCUT2D eigenvalue weighted by molar-refractivity contribution is 5.99. The molecule has 0 spiro atoms. The van der Waals surface area contributed by atoms with Gasteiger partial charge in [-0.15, -0.1) is 0 Å². The van der Waals surface area contributed by atoms with Crippen molar-refractivity contribution in [3.63, 3.8) is 0 Å². The van der Waals surface area contributed by atoms with Gasteiger partial charge in [0.25, 0.3) is 0 Å². The molecule has 0 atom stereocenters. The molecule has 2 aromatic carbocycles. The Morgan fingerprint density at radius 2 is 1.67 bits per heavy atom. The van der Waals surface area contributed by atoms with Crippen molar-refractivity contribution in [2.75, 3.05) is 57.2 Å². The topological polar surface area (TPSA) is 195 Å². The minimum absolute atomic E-state index is 0.296. The number of amides is 1.